The predicted molar refractivity (Wildman–Crippen MR) is 107 cm³/mol. The number of hydrogen-bond donors (Lipinski definition) is 3. The van der Waals surface area contributed by atoms with Crippen LogP contribution in [0.3, 0.4) is 0 Å². The minimum atomic E-state index is -0.622. The second kappa shape index (κ2) is 7.25. The number of carbonyl (C=O) groups excluding carboxylic acids is 2. The molecule has 6 heteroatoms. The van der Waals surface area contributed by atoms with Crippen molar-refractivity contribution in [2.45, 2.75) is 57.0 Å². The molecule has 3 N–H and O–H groups in total. The molecule has 0 aromatic heterocycles. The highest BCUT2D eigenvalue weighted by atomic mass is 16.2. The summed E-state index contributed by atoms with van der Waals surface area (Å²) in [4.78, 5) is 27.2. The second-order valence-corrected chi connectivity index (χ2v) is 7.89. The molecule has 0 saturated carbocycles. The highest BCUT2D eigenvalue weighted by Gasteiger charge is 2.45. The van der Waals surface area contributed by atoms with Gasteiger partial charge in [0.1, 0.15) is 5.54 Å². The van der Waals surface area contributed by atoms with Crippen LogP contribution in [-0.4, -0.2) is 41.5 Å². The molecule has 3 aliphatic rings. The topological polar surface area (TPSA) is 73.5 Å². The Morgan fingerprint density at radius 3 is 2.63 bits per heavy atom. The fourth-order valence-electron chi connectivity index (χ4n) is 4.33. The zero-order chi connectivity index (χ0) is 18.9. The molecule has 1 atom stereocenters. The zero-order valence-corrected chi connectivity index (χ0v) is 15.9. The lowest BCUT2D eigenvalue weighted by atomic mass is 9.84. The third kappa shape index (κ3) is 3.53. The van der Waals surface area contributed by atoms with Crippen LogP contribution in [0.5, 0.6) is 0 Å². The molecule has 1 aliphatic carbocycles. The van der Waals surface area contributed by atoms with Crippen LogP contribution in [0.15, 0.2) is 35.9 Å². The average Bonchev–Trinajstić information content (AvgIpc) is 2.70. The minimum absolute atomic E-state index is 0.00184. The highest BCUT2D eigenvalue weighted by Crippen LogP contribution is 2.36. The smallest absolute Gasteiger partial charge is 0.317 e. The van der Waals surface area contributed by atoms with Crippen LogP contribution >= 0.6 is 0 Å². The first kappa shape index (κ1) is 17.9. The molecular weight excluding hydrogens is 340 g/mol. The van der Waals surface area contributed by atoms with E-state index in [0.717, 1.165) is 24.2 Å². The summed E-state index contributed by atoms with van der Waals surface area (Å²) in [6.45, 7) is 3.20. The van der Waals surface area contributed by atoms with Crippen molar-refractivity contribution < 1.29 is 9.59 Å². The molecule has 1 fully saturated rings. The lowest BCUT2D eigenvalue weighted by molar-refractivity contribution is -0.121. The van der Waals surface area contributed by atoms with E-state index in [4.69, 9.17) is 0 Å². The molecule has 1 aromatic carbocycles. The second-order valence-electron chi connectivity index (χ2n) is 7.89. The molecule has 144 valence electrons. The molecule has 1 saturated heterocycles. The monoisotopic (exact) mass is 368 g/mol. The minimum Gasteiger partial charge on any atom is -0.369 e. The number of likely N-dealkylation sites (tertiary alicyclic amines) is 1. The van der Waals surface area contributed by atoms with Crippen LogP contribution in [0.1, 0.15) is 45.4 Å². The summed E-state index contributed by atoms with van der Waals surface area (Å²) in [5.74, 6) is 0.00184. The quantitative estimate of drug-likeness (QED) is 0.700. The Bertz CT molecular complexity index is 765. The van der Waals surface area contributed by atoms with Gasteiger partial charge in [0.15, 0.2) is 0 Å². The molecule has 3 amide bonds. The van der Waals surface area contributed by atoms with Crippen molar-refractivity contribution in [2.75, 3.05) is 23.7 Å². The largest absolute Gasteiger partial charge is 0.369 e. The van der Waals surface area contributed by atoms with Crippen LogP contribution < -0.4 is 16.0 Å². The number of para-hydroxylation sites is 2. The Labute approximate surface area is 160 Å². The van der Waals surface area contributed by atoms with E-state index in [2.05, 4.69) is 29.0 Å². The fraction of sp³-hybridized carbons (Fsp3) is 0.524. The molecule has 1 aromatic rings. The number of amides is 3. The van der Waals surface area contributed by atoms with Crippen LogP contribution in [0.25, 0.3) is 0 Å². The van der Waals surface area contributed by atoms with Gasteiger partial charge >= 0.3 is 6.03 Å². The Hall–Kier alpha value is -2.50. The van der Waals surface area contributed by atoms with Crippen molar-refractivity contribution >= 4 is 23.3 Å². The van der Waals surface area contributed by atoms with Gasteiger partial charge in [-0.15, -0.1) is 0 Å². The van der Waals surface area contributed by atoms with Gasteiger partial charge in [0.25, 0.3) is 0 Å². The third-order valence-corrected chi connectivity index (χ3v) is 6.11. The Balaban J connectivity index is 1.36. The number of nitrogens with zero attached hydrogens (tertiary/aromatic N) is 1. The first-order valence-corrected chi connectivity index (χ1v) is 10.0. The number of fused-ring (bicyclic) bond motifs is 1. The lowest BCUT2D eigenvalue weighted by Gasteiger charge is -2.44. The van der Waals surface area contributed by atoms with Crippen LogP contribution in [-0.2, 0) is 4.79 Å². The normalized spacial score (nSPS) is 22.2. The number of anilines is 2. The summed E-state index contributed by atoms with van der Waals surface area (Å²) in [7, 11) is 0. The van der Waals surface area contributed by atoms with Gasteiger partial charge in [-0.3, -0.25) is 4.79 Å². The Morgan fingerprint density at radius 2 is 1.93 bits per heavy atom. The standard InChI is InChI=1S/C21H28N4O2/c1-15(16-7-3-2-4-8-16)22-20(27)25-13-11-21(12-14-25)19(26)23-17-9-5-6-10-18(17)24-21/h5-7,9-10,15,24H,2-4,8,11-14H2,1H3,(H,22,27)(H,23,26). The van der Waals surface area contributed by atoms with Gasteiger partial charge in [-0.1, -0.05) is 23.8 Å². The molecule has 0 radical (unpaired) electrons. The molecule has 27 heavy (non-hydrogen) atoms. The van der Waals surface area contributed by atoms with E-state index in [9.17, 15) is 9.59 Å². The van der Waals surface area contributed by atoms with E-state index < -0.39 is 5.54 Å². The summed E-state index contributed by atoms with van der Waals surface area (Å²) >= 11 is 0. The average molecular weight is 368 g/mol. The summed E-state index contributed by atoms with van der Waals surface area (Å²) in [5, 5.41) is 9.58. The maximum Gasteiger partial charge on any atom is 0.317 e. The summed E-state index contributed by atoms with van der Waals surface area (Å²) < 4.78 is 0. The maximum atomic E-state index is 12.7. The first-order valence-electron chi connectivity index (χ1n) is 10.0. The van der Waals surface area contributed by atoms with Gasteiger partial charge in [0, 0.05) is 19.1 Å². The highest BCUT2D eigenvalue weighted by molar-refractivity contribution is 6.06. The number of carbonyl (C=O) groups is 2. The van der Waals surface area contributed by atoms with Crippen molar-refractivity contribution in [1.82, 2.24) is 10.2 Å². The molecule has 1 unspecified atom stereocenters. The number of nitrogens with one attached hydrogen (secondary N) is 3. The fourth-order valence-corrected chi connectivity index (χ4v) is 4.33. The van der Waals surface area contributed by atoms with E-state index in [0.29, 0.717) is 25.9 Å². The number of benzene rings is 1. The molecule has 6 nitrogen and oxygen atoms in total. The van der Waals surface area contributed by atoms with Gasteiger partial charge in [-0.2, -0.15) is 0 Å². The molecule has 2 heterocycles. The molecular formula is C21H28N4O2. The third-order valence-electron chi connectivity index (χ3n) is 6.11. The van der Waals surface area contributed by atoms with E-state index in [1.54, 1.807) is 0 Å². The molecule has 0 bridgehead atoms. The SMILES string of the molecule is CC(NC(=O)N1CCC2(CC1)Nc1ccccc1NC2=O)C1=CCCCC1. The van der Waals surface area contributed by atoms with Crippen molar-refractivity contribution in [3.8, 4) is 0 Å². The summed E-state index contributed by atoms with van der Waals surface area (Å²) in [6, 6.07) is 7.80. The molecule has 4 rings (SSSR count). The van der Waals surface area contributed by atoms with Gasteiger partial charge in [-0.25, -0.2) is 4.79 Å². The predicted octanol–water partition coefficient (Wildman–Crippen LogP) is 3.48. The number of rotatable bonds is 2. The van der Waals surface area contributed by atoms with Crippen molar-refractivity contribution in [3.05, 3.63) is 35.9 Å². The van der Waals surface area contributed by atoms with E-state index >= 15 is 0 Å². The zero-order valence-electron chi connectivity index (χ0n) is 15.9. The van der Waals surface area contributed by atoms with Crippen molar-refractivity contribution in [3.63, 3.8) is 0 Å². The van der Waals surface area contributed by atoms with Crippen LogP contribution in [0, 0.1) is 0 Å². The van der Waals surface area contributed by atoms with Gasteiger partial charge < -0.3 is 20.9 Å². The Kier molecular flexibility index (Phi) is 4.81. The number of hydrogen-bond acceptors (Lipinski definition) is 3. The van der Waals surface area contributed by atoms with Crippen LogP contribution in [0.2, 0.25) is 0 Å². The summed E-state index contributed by atoms with van der Waals surface area (Å²) in [6.07, 6.45) is 8.14. The first-order chi connectivity index (χ1) is 13.1. The lowest BCUT2D eigenvalue weighted by Crippen LogP contribution is -2.60. The van der Waals surface area contributed by atoms with E-state index in [-0.39, 0.29) is 18.0 Å². The van der Waals surface area contributed by atoms with E-state index in [1.165, 1.54) is 18.4 Å². The van der Waals surface area contributed by atoms with Gasteiger partial charge in [-0.05, 0) is 57.6 Å². The van der Waals surface area contributed by atoms with Crippen molar-refractivity contribution in [1.29, 1.82) is 0 Å². The number of urea groups is 1. The number of allylic oxidation sites excluding steroid dienone is 1. The molecule has 2 aliphatic heterocycles. The number of piperidine rings is 1. The maximum absolute atomic E-state index is 12.7. The van der Waals surface area contributed by atoms with Crippen molar-refractivity contribution in [2.24, 2.45) is 0 Å². The molecule has 1 spiro atoms. The van der Waals surface area contributed by atoms with Gasteiger partial charge in [0.2, 0.25) is 5.91 Å². The Morgan fingerprint density at radius 1 is 1.19 bits per heavy atom. The summed E-state index contributed by atoms with van der Waals surface area (Å²) in [5.41, 5.74) is 2.49. The van der Waals surface area contributed by atoms with Gasteiger partial charge in [0.05, 0.1) is 11.4 Å². The van der Waals surface area contributed by atoms with Crippen LogP contribution in [0.4, 0.5) is 16.2 Å². The van der Waals surface area contributed by atoms with E-state index in [1.807, 2.05) is 29.2 Å².